The Bertz CT molecular complexity index is 1110. The summed E-state index contributed by atoms with van der Waals surface area (Å²) >= 11 is 0. The van der Waals surface area contributed by atoms with Gasteiger partial charge in [0.05, 0.1) is 23.2 Å². The van der Waals surface area contributed by atoms with Crippen LogP contribution in [0, 0.1) is 17.8 Å². The molecule has 1 fully saturated rings. The average molecular weight is 496 g/mol. The third-order valence-electron chi connectivity index (χ3n) is 7.19. The number of esters is 1. The average Bonchev–Trinajstić information content (AvgIpc) is 3.07. The molecule has 2 heterocycles. The topological polar surface area (TPSA) is 113 Å². The molecule has 1 aromatic carbocycles. The van der Waals surface area contributed by atoms with Gasteiger partial charge in [0.2, 0.25) is 17.7 Å². The molecule has 2 aliphatic heterocycles. The van der Waals surface area contributed by atoms with Crippen molar-refractivity contribution in [3.63, 3.8) is 0 Å². The molecular weight excluding hydrogens is 462 g/mol. The summed E-state index contributed by atoms with van der Waals surface area (Å²) < 4.78 is 5.61. The Hall–Kier alpha value is -3.49. The van der Waals surface area contributed by atoms with Gasteiger partial charge in [-0.15, -0.1) is 0 Å². The number of rotatable bonds is 6. The second-order valence-electron chi connectivity index (χ2n) is 10.6. The molecule has 1 aliphatic carbocycles. The number of carbonyl (C=O) groups is 5. The molecule has 1 saturated heterocycles. The maximum Gasteiger partial charge on any atom is 0.330 e. The first kappa shape index (κ1) is 25.6. The van der Waals surface area contributed by atoms with E-state index in [0.29, 0.717) is 24.2 Å². The van der Waals surface area contributed by atoms with Crippen LogP contribution in [0.3, 0.4) is 0 Å². The number of amides is 4. The van der Waals surface area contributed by atoms with Gasteiger partial charge in [-0.3, -0.25) is 29.0 Å². The smallest absolute Gasteiger partial charge is 0.330 e. The standard InChI is InChI=1S/C27H33N3O6/c1-15(2)14-21(29-23(32)17-10-6-7-11-18(17)24(29)33)25(34)36-16(3)22(31)30-20-13-9-8-12-19(20)28-26(35)27(30,4)5/h6-9,12-13,15-18,21H,10-11,14H2,1-5H3,(H,28,35)/t16-,17-,18+,21+/m0/s1. The van der Waals surface area contributed by atoms with E-state index in [-0.39, 0.29) is 30.1 Å². The summed E-state index contributed by atoms with van der Waals surface area (Å²) in [5, 5.41) is 2.80. The molecule has 0 spiro atoms. The summed E-state index contributed by atoms with van der Waals surface area (Å²) in [6.45, 7) is 8.45. The molecule has 4 amide bonds. The quantitative estimate of drug-likeness (QED) is 0.369. The third kappa shape index (κ3) is 4.31. The van der Waals surface area contributed by atoms with E-state index in [4.69, 9.17) is 4.74 Å². The number of anilines is 2. The summed E-state index contributed by atoms with van der Waals surface area (Å²) in [5.74, 6) is -3.40. The molecular formula is C27H33N3O6. The highest BCUT2D eigenvalue weighted by molar-refractivity contribution is 6.15. The zero-order valence-corrected chi connectivity index (χ0v) is 21.3. The molecule has 3 aliphatic rings. The van der Waals surface area contributed by atoms with Crippen LogP contribution in [0.25, 0.3) is 0 Å². The molecule has 0 bridgehead atoms. The highest BCUT2D eigenvalue weighted by atomic mass is 16.5. The normalized spacial score (nSPS) is 24.2. The van der Waals surface area contributed by atoms with E-state index in [0.717, 1.165) is 4.90 Å². The molecule has 4 atom stereocenters. The van der Waals surface area contributed by atoms with Gasteiger partial charge >= 0.3 is 5.97 Å². The largest absolute Gasteiger partial charge is 0.451 e. The molecule has 9 heteroatoms. The van der Waals surface area contributed by atoms with E-state index in [1.54, 1.807) is 38.1 Å². The summed E-state index contributed by atoms with van der Waals surface area (Å²) in [6.07, 6.45) is 3.69. The van der Waals surface area contributed by atoms with E-state index >= 15 is 0 Å². The van der Waals surface area contributed by atoms with Gasteiger partial charge in [0, 0.05) is 0 Å². The number of nitrogens with zero attached hydrogens (tertiary/aromatic N) is 2. The second kappa shape index (κ2) is 9.52. The minimum absolute atomic E-state index is 0.00786. The summed E-state index contributed by atoms with van der Waals surface area (Å²) in [5.41, 5.74) is -0.251. The molecule has 1 aromatic rings. The van der Waals surface area contributed by atoms with E-state index in [1.165, 1.54) is 11.8 Å². The first-order valence-electron chi connectivity index (χ1n) is 12.4. The van der Waals surface area contributed by atoms with Crippen molar-refractivity contribution in [2.75, 3.05) is 10.2 Å². The number of ether oxygens (including phenoxy) is 1. The molecule has 0 radical (unpaired) electrons. The van der Waals surface area contributed by atoms with Crippen molar-refractivity contribution in [3.05, 3.63) is 36.4 Å². The SMILES string of the molecule is CC(C)C[C@H](C(=O)O[C@@H](C)C(=O)N1c2ccccc2NC(=O)C1(C)C)N1C(=O)[C@H]2CC=CC[C@H]2C1=O. The van der Waals surface area contributed by atoms with Crippen LogP contribution in [0.4, 0.5) is 11.4 Å². The second-order valence-corrected chi connectivity index (χ2v) is 10.6. The highest BCUT2D eigenvalue weighted by Gasteiger charge is 2.52. The number of likely N-dealkylation sites (tertiary alicyclic amines) is 1. The fraction of sp³-hybridized carbons (Fsp3) is 0.519. The Morgan fingerprint density at radius 1 is 1.03 bits per heavy atom. The third-order valence-corrected chi connectivity index (χ3v) is 7.19. The van der Waals surface area contributed by atoms with Crippen molar-refractivity contribution >= 4 is 41.0 Å². The first-order valence-corrected chi connectivity index (χ1v) is 12.4. The number of hydrogen-bond acceptors (Lipinski definition) is 6. The molecule has 9 nitrogen and oxygen atoms in total. The fourth-order valence-corrected chi connectivity index (χ4v) is 5.22. The zero-order chi connectivity index (χ0) is 26.4. The number of imide groups is 1. The number of benzene rings is 1. The van der Waals surface area contributed by atoms with Gasteiger partial charge in [-0.25, -0.2) is 4.79 Å². The Morgan fingerprint density at radius 2 is 1.61 bits per heavy atom. The maximum atomic E-state index is 13.6. The Balaban J connectivity index is 1.57. The maximum absolute atomic E-state index is 13.6. The number of carbonyl (C=O) groups excluding carboxylic acids is 5. The summed E-state index contributed by atoms with van der Waals surface area (Å²) in [4.78, 5) is 68.4. The molecule has 4 rings (SSSR count). The number of nitrogens with one attached hydrogen (secondary N) is 1. The van der Waals surface area contributed by atoms with Gasteiger partial charge in [0.25, 0.3) is 5.91 Å². The van der Waals surface area contributed by atoms with Gasteiger partial charge in [0.15, 0.2) is 6.10 Å². The lowest BCUT2D eigenvalue weighted by molar-refractivity contribution is -0.165. The van der Waals surface area contributed by atoms with Crippen LogP contribution in [0.5, 0.6) is 0 Å². The first-order chi connectivity index (χ1) is 16.9. The van der Waals surface area contributed by atoms with Gasteiger partial charge in [0.1, 0.15) is 11.6 Å². The Labute approximate surface area is 210 Å². The van der Waals surface area contributed by atoms with Gasteiger partial charge in [-0.2, -0.15) is 0 Å². The van der Waals surface area contributed by atoms with E-state index in [9.17, 15) is 24.0 Å². The van der Waals surface area contributed by atoms with Crippen LogP contribution < -0.4 is 10.2 Å². The molecule has 0 unspecified atom stereocenters. The van der Waals surface area contributed by atoms with Crippen molar-refractivity contribution in [2.45, 2.75) is 71.6 Å². The lowest BCUT2D eigenvalue weighted by Gasteiger charge is -2.43. The van der Waals surface area contributed by atoms with Gasteiger partial charge in [-0.1, -0.05) is 38.1 Å². The molecule has 0 aromatic heterocycles. The van der Waals surface area contributed by atoms with Crippen molar-refractivity contribution in [1.82, 2.24) is 4.90 Å². The number of fused-ring (bicyclic) bond motifs is 2. The van der Waals surface area contributed by atoms with Crippen molar-refractivity contribution in [1.29, 1.82) is 0 Å². The molecule has 192 valence electrons. The molecule has 36 heavy (non-hydrogen) atoms. The van der Waals surface area contributed by atoms with Gasteiger partial charge < -0.3 is 10.1 Å². The van der Waals surface area contributed by atoms with Crippen LogP contribution in [0.15, 0.2) is 36.4 Å². The molecule has 0 saturated carbocycles. The predicted octanol–water partition coefficient (Wildman–Crippen LogP) is 3.05. The lowest BCUT2D eigenvalue weighted by Crippen LogP contribution is -2.61. The zero-order valence-electron chi connectivity index (χ0n) is 21.3. The van der Waals surface area contributed by atoms with Gasteiger partial charge in [-0.05, 0) is 58.1 Å². The lowest BCUT2D eigenvalue weighted by atomic mass is 9.85. The van der Waals surface area contributed by atoms with Crippen LogP contribution in [-0.4, -0.2) is 52.2 Å². The minimum Gasteiger partial charge on any atom is -0.451 e. The van der Waals surface area contributed by atoms with E-state index < -0.39 is 41.4 Å². The van der Waals surface area contributed by atoms with Crippen molar-refractivity contribution in [3.8, 4) is 0 Å². The Morgan fingerprint density at radius 3 is 2.19 bits per heavy atom. The van der Waals surface area contributed by atoms with Crippen LogP contribution in [-0.2, 0) is 28.7 Å². The summed E-state index contributed by atoms with van der Waals surface area (Å²) in [7, 11) is 0. The monoisotopic (exact) mass is 495 g/mol. The Kier molecular flexibility index (Phi) is 6.77. The number of hydrogen-bond donors (Lipinski definition) is 1. The molecule has 1 N–H and O–H groups in total. The number of para-hydroxylation sites is 2. The van der Waals surface area contributed by atoms with E-state index in [2.05, 4.69) is 5.32 Å². The predicted molar refractivity (Wildman–Crippen MR) is 133 cm³/mol. The highest BCUT2D eigenvalue weighted by Crippen LogP contribution is 2.39. The number of allylic oxidation sites excluding steroid dienone is 2. The van der Waals surface area contributed by atoms with Crippen molar-refractivity contribution < 1.29 is 28.7 Å². The minimum atomic E-state index is -1.25. The fourth-order valence-electron chi connectivity index (χ4n) is 5.22. The van der Waals surface area contributed by atoms with E-state index in [1.807, 2.05) is 26.0 Å². The van der Waals surface area contributed by atoms with Crippen LogP contribution >= 0.6 is 0 Å². The van der Waals surface area contributed by atoms with Crippen molar-refractivity contribution in [2.24, 2.45) is 17.8 Å². The van der Waals surface area contributed by atoms with Crippen LogP contribution in [0.1, 0.15) is 53.9 Å². The summed E-state index contributed by atoms with van der Waals surface area (Å²) in [6, 6.07) is 5.78. The van der Waals surface area contributed by atoms with Crippen LogP contribution in [0.2, 0.25) is 0 Å².